The third-order valence-corrected chi connectivity index (χ3v) is 4.36. The Balaban J connectivity index is 1.94. The molecule has 1 aliphatic heterocycles. The smallest absolute Gasteiger partial charge is 0.274 e. The molecule has 7 nitrogen and oxygen atoms in total. The van der Waals surface area contributed by atoms with Crippen LogP contribution >= 0.6 is 0 Å². The summed E-state index contributed by atoms with van der Waals surface area (Å²) in [6.07, 6.45) is 2.93. The van der Waals surface area contributed by atoms with Gasteiger partial charge in [0.1, 0.15) is 11.5 Å². The Morgan fingerprint density at radius 2 is 1.78 bits per heavy atom. The number of likely N-dealkylation sites (tertiary alicyclic amines) is 1. The zero-order valence-corrected chi connectivity index (χ0v) is 14.1. The minimum Gasteiger partial charge on any atom is -0.327 e. The zero-order chi connectivity index (χ0) is 16.6. The van der Waals surface area contributed by atoms with Gasteiger partial charge in [-0.1, -0.05) is 0 Å². The first-order chi connectivity index (χ1) is 11.0. The van der Waals surface area contributed by atoms with Gasteiger partial charge in [-0.05, 0) is 47.0 Å². The maximum Gasteiger partial charge on any atom is 0.274 e. The summed E-state index contributed by atoms with van der Waals surface area (Å²) >= 11 is 0. The van der Waals surface area contributed by atoms with Gasteiger partial charge >= 0.3 is 0 Å². The average Bonchev–Trinajstić information content (AvgIpc) is 2.96. The minimum absolute atomic E-state index is 0.0785. The topological polar surface area (TPSA) is 87.7 Å². The van der Waals surface area contributed by atoms with Gasteiger partial charge < -0.3 is 4.90 Å². The van der Waals surface area contributed by atoms with Gasteiger partial charge in [0.15, 0.2) is 5.82 Å². The Hall–Kier alpha value is -2.31. The first-order valence-electron chi connectivity index (χ1n) is 7.99. The molecule has 0 aromatic carbocycles. The van der Waals surface area contributed by atoms with Crippen LogP contribution in [0.4, 0.5) is 0 Å². The number of hydrogen-bond acceptors (Lipinski definition) is 5. The fourth-order valence-electron chi connectivity index (χ4n) is 3.01. The predicted molar refractivity (Wildman–Crippen MR) is 85.0 cm³/mol. The molecule has 1 saturated heterocycles. The van der Waals surface area contributed by atoms with E-state index < -0.39 is 0 Å². The highest BCUT2D eigenvalue weighted by molar-refractivity contribution is 5.93. The second kappa shape index (κ2) is 6.06. The number of aromatic amines is 1. The largest absolute Gasteiger partial charge is 0.327 e. The number of piperidine rings is 1. The number of H-pyrrole nitrogens is 1. The summed E-state index contributed by atoms with van der Waals surface area (Å²) in [5.74, 6) is 1.37. The van der Waals surface area contributed by atoms with Gasteiger partial charge in [0, 0.05) is 6.54 Å². The van der Waals surface area contributed by atoms with E-state index >= 15 is 0 Å². The van der Waals surface area contributed by atoms with Crippen molar-refractivity contribution in [2.45, 2.75) is 53.0 Å². The summed E-state index contributed by atoms with van der Waals surface area (Å²) in [6, 6.07) is -0.0935. The summed E-state index contributed by atoms with van der Waals surface area (Å²) in [5.41, 5.74) is 2.76. The number of amides is 1. The molecule has 3 rings (SSSR count). The van der Waals surface area contributed by atoms with E-state index in [-0.39, 0.29) is 11.9 Å². The van der Waals surface area contributed by atoms with E-state index in [2.05, 4.69) is 25.1 Å². The highest BCUT2D eigenvalue weighted by Gasteiger charge is 2.32. The normalized spacial score (nSPS) is 18.3. The van der Waals surface area contributed by atoms with E-state index in [1.165, 1.54) is 0 Å². The van der Waals surface area contributed by atoms with Crippen LogP contribution < -0.4 is 0 Å². The van der Waals surface area contributed by atoms with Crippen LogP contribution in [0.2, 0.25) is 0 Å². The van der Waals surface area contributed by atoms with Crippen LogP contribution in [0.25, 0.3) is 0 Å². The molecule has 0 aliphatic carbocycles. The van der Waals surface area contributed by atoms with Crippen molar-refractivity contribution in [1.82, 2.24) is 30.0 Å². The molecule has 0 radical (unpaired) electrons. The van der Waals surface area contributed by atoms with Crippen LogP contribution in [0.1, 0.15) is 64.5 Å². The Morgan fingerprint density at radius 3 is 2.48 bits per heavy atom. The van der Waals surface area contributed by atoms with E-state index in [4.69, 9.17) is 0 Å². The number of carbonyl (C=O) groups is 1. The number of carbonyl (C=O) groups excluding carboxylic acids is 1. The van der Waals surface area contributed by atoms with Crippen molar-refractivity contribution < 1.29 is 4.79 Å². The van der Waals surface area contributed by atoms with E-state index in [0.717, 1.165) is 36.5 Å². The van der Waals surface area contributed by atoms with Crippen molar-refractivity contribution in [2.75, 3.05) is 6.54 Å². The fourth-order valence-corrected chi connectivity index (χ4v) is 3.01. The lowest BCUT2D eigenvalue weighted by atomic mass is 10.0. The number of hydrogen-bond donors (Lipinski definition) is 1. The molecule has 122 valence electrons. The van der Waals surface area contributed by atoms with Crippen LogP contribution in [0.15, 0.2) is 0 Å². The van der Waals surface area contributed by atoms with E-state index in [9.17, 15) is 4.79 Å². The van der Waals surface area contributed by atoms with E-state index in [1.807, 2.05) is 32.6 Å². The molecule has 1 N–H and O–H groups in total. The average molecular weight is 314 g/mol. The first kappa shape index (κ1) is 15.6. The maximum atomic E-state index is 13.0. The molecule has 0 unspecified atom stereocenters. The van der Waals surface area contributed by atoms with Crippen molar-refractivity contribution in [2.24, 2.45) is 0 Å². The molecular formula is C16H22N6O. The molecule has 23 heavy (non-hydrogen) atoms. The summed E-state index contributed by atoms with van der Waals surface area (Å²) in [4.78, 5) is 28.2. The monoisotopic (exact) mass is 314 g/mol. The predicted octanol–water partition coefficient (Wildman–Crippen LogP) is 2.20. The Bertz CT molecular complexity index is 738. The third kappa shape index (κ3) is 2.95. The zero-order valence-electron chi connectivity index (χ0n) is 14.1. The standard InChI is InChI=1S/C16H22N6O/c1-9-10(2)18-14(11(3)17-9)16(23)22-8-6-5-7-13(22)15-19-12(4)20-21-15/h13H,5-8H2,1-4H3,(H,19,20,21)/t13-/m1/s1. The Labute approximate surface area is 135 Å². The molecule has 7 heteroatoms. The lowest BCUT2D eigenvalue weighted by Gasteiger charge is -2.34. The van der Waals surface area contributed by atoms with E-state index in [0.29, 0.717) is 23.8 Å². The molecule has 0 bridgehead atoms. The van der Waals surface area contributed by atoms with Gasteiger partial charge in [-0.2, -0.15) is 5.10 Å². The number of rotatable bonds is 2. The molecule has 3 heterocycles. The van der Waals surface area contributed by atoms with Crippen LogP contribution in [0.5, 0.6) is 0 Å². The summed E-state index contributed by atoms with van der Waals surface area (Å²) in [6.45, 7) is 8.19. The second-order valence-corrected chi connectivity index (χ2v) is 6.12. The molecule has 0 spiro atoms. The molecule has 2 aromatic heterocycles. The molecule has 1 aliphatic rings. The highest BCUT2D eigenvalue weighted by Crippen LogP contribution is 2.30. The van der Waals surface area contributed by atoms with Crippen molar-refractivity contribution in [3.8, 4) is 0 Å². The second-order valence-electron chi connectivity index (χ2n) is 6.12. The van der Waals surface area contributed by atoms with E-state index in [1.54, 1.807) is 0 Å². The summed E-state index contributed by atoms with van der Waals surface area (Å²) in [5, 5.41) is 7.12. The van der Waals surface area contributed by atoms with Crippen LogP contribution in [-0.2, 0) is 0 Å². The lowest BCUT2D eigenvalue weighted by molar-refractivity contribution is 0.0592. The molecule has 1 amide bonds. The van der Waals surface area contributed by atoms with Gasteiger partial charge in [0.2, 0.25) is 0 Å². The number of aryl methyl sites for hydroxylation is 4. The SMILES string of the molecule is Cc1nc([C@H]2CCCCN2C(=O)c2nc(C)c(C)nc2C)n[nH]1. The first-order valence-corrected chi connectivity index (χ1v) is 7.99. The van der Waals surface area contributed by atoms with Crippen LogP contribution in [-0.4, -0.2) is 42.5 Å². The molecule has 2 aromatic rings. The number of nitrogens with zero attached hydrogens (tertiary/aromatic N) is 5. The third-order valence-electron chi connectivity index (χ3n) is 4.36. The van der Waals surface area contributed by atoms with Gasteiger partial charge in [-0.25, -0.2) is 9.97 Å². The molecule has 0 saturated carbocycles. The van der Waals surface area contributed by atoms with Gasteiger partial charge in [-0.15, -0.1) is 0 Å². The summed E-state index contributed by atoms with van der Waals surface area (Å²) in [7, 11) is 0. The molecule has 1 atom stereocenters. The highest BCUT2D eigenvalue weighted by atomic mass is 16.2. The van der Waals surface area contributed by atoms with Gasteiger partial charge in [0.05, 0.1) is 23.1 Å². The molecular weight excluding hydrogens is 292 g/mol. The van der Waals surface area contributed by atoms with Crippen LogP contribution in [0, 0.1) is 27.7 Å². The summed E-state index contributed by atoms with van der Waals surface area (Å²) < 4.78 is 0. The van der Waals surface area contributed by atoms with Crippen molar-refractivity contribution in [1.29, 1.82) is 0 Å². The fraction of sp³-hybridized carbons (Fsp3) is 0.562. The van der Waals surface area contributed by atoms with Crippen LogP contribution in [0.3, 0.4) is 0 Å². The molecule has 1 fully saturated rings. The van der Waals surface area contributed by atoms with Crippen molar-refractivity contribution in [3.63, 3.8) is 0 Å². The Kier molecular flexibility index (Phi) is 4.11. The van der Waals surface area contributed by atoms with Gasteiger partial charge in [-0.3, -0.25) is 14.9 Å². The Morgan fingerprint density at radius 1 is 1.04 bits per heavy atom. The van der Waals surface area contributed by atoms with Crippen molar-refractivity contribution >= 4 is 5.91 Å². The maximum absolute atomic E-state index is 13.0. The van der Waals surface area contributed by atoms with Crippen molar-refractivity contribution in [3.05, 3.63) is 34.4 Å². The lowest BCUT2D eigenvalue weighted by Crippen LogP contribution is -2.40. The minimum atomic E-state index is -0.0935. The number of nitrogens with one attached hydrogen (secondary N) is 1. The number of aromatic nitrogens is 5. The van der Waals surface area contributed by atoms with Gasteiger partial charge in [0.25, 0.3) is 5.91 Å². The quantitative estimate of drug-likeness (QED) is 0.918.